The minimum Gasteiger partial charge on any atom is -0.478 e. The van der Waals surface area contributed by atoms with Crippen LogP contribution in [0.5, 0.6) is 0 Å². The van der Waals surface area contributed by atoms with Crippen molar-refractivity contribution in [3.8, 4) is 5.69 Å². The van der Waals surface area contributed by atoms with E-state index in [1.807, 2.05) is 29.7 Å². The molecule has 1 amide bonds. The van der Waals surface area contributed by atoms with Gasteiger partial charge in [0.2, 0.25) is 0 Å². The molecule has 0 saturated heterocycles. The number of carboxylic acid groups (broad SMARTS) is 1. The number of fused-ring (bicyclic) bond motifs is 3. The summed E-state index contributed by atoms with van der Waals surface area (Å²) in [5, 5.41) is 18.4. The largest absolute Gasteiger partial charge is 0.478 e. The molecule has 6 rings (SSSR count). The Balaban J connectivity index is 1.43. The number of hydrogen-bond donors (Lipinski definition) is 2. The third-order valence-electron chi connectivity index (χ3n) is 7.56. The average Bonchev–Trinajstić information content (AvgIpc) is 3.49. The van der Waals surface area contributed by atoms with Crippen LogP contribution in [0.4, 0.5) is 4.39 Å². The standard InChI is InChI=1S/C30H25ClFN5O3/c1-17-6-9-25-23(12-17)27(29(39)40)26-10-11-30(15-36(25)26,19-4-3-5-20(32)13-19)34-28(38)22-8-7-21(14-24(22)31)37-16-33-18(2)35-37/h3-9,12-14,16H,10-11,15H2,1-2H3,(H,34,38)(H,39,40)/t30-/m1/s1. The first kappa shape index (κ1) is 25.8. The van der Waals surface area contributed by atoms with E-state index in [4.69, 9.17) is 11.6 Å². The number of aromatic nitrogens is 4. The molecule has 0 bridgehead atoms. The van der Waals surface area contributed by atoms with Gasteiger partial charge in [0.05, 0.1) is 33.9 Å². The van der Waals surface area contributed by atoms with E-state index in [2.05, 4.69) is 15.4 Å². The molecule has 0 radical (unpaired) electrons. The first-order valence-corrected chi connectivity index (χ1v) is 13.1. The summed E-state index contributed by atoms with van der Waals surface area (Å²) in [7, 11) is 0. The van der Waals surface area contributed by atoms with Gasteiger partial charge >= 0.3 is 5.97 Å². The zero-order valence-electron chi connectivity index (χ0n) is 21.8. The number of carboxylic acids is 1. The predicted octanol–water partition coefficient (Wildman–Crippen LogP) is 5.60. The predicted molar refractivity (Wildman–Crippen MR) is 149 cm³/mol. The second-order valence-electron chi connectivity index (χ2n) is 10.2. The second-order valence-corrected chi connectivity index (χ2v) is 10.6. The van der Waals surface area contributed by atoms with Crippen LogP contribution in [0.25, 0.3) is 16.6 Å². The summed E-state index contributed by atoms with van der Waals surface area (Å²) in [4.78, 5) is 30.2. The van der Waals surface area contributed by atoms with E-state index in [0.29, 0.717) is 41.0 Å². The van der Waals surface area contributed by atoms with Crippen molar-refractivity contribution < 1.29 is 19.1 Å². The molecule has 40 heavy (non-hydrogen) atoms. The lowest BCUT2D eigenvalue weighted by Crippen LogP contribution is -2.51. The van der Waals surface area contributed by atoms with Crippen LogP contribution in [0, 0.1) is 19.7 Å². The molecular weight excluding hydrogens is 533 g/mol. The number of aryl methyl sites for hydroxylation is 2. The Kier molecular flexibility index (Phi) is 6.18. The summed E-state index contributed by atoms with van der Waals surface area (Å²) in [5.74, 6) is -1.25. The Morgan fingerprint density at radius 2 is 1.93 bits per heavy atom. The highest BCUT2D eigenvalue weighted by Crippen LogP contribution is 2.40. The normalized spacial score (nSPS) is 16.6. The number of carbonyl (C=O) groups excluding carboxylic acids is 1. The molecule has 2 aromatic heterocycles. The molecule has 2 N–H and O–H groups in total. The molecule has 3 aromatic carbocycles. The van der Waals surface area contributed by atoms with Crippen LogP contribution in [0.3, 0.4) is 0 Å². The van der Waals surface area contributed by atoms with Crippen molar-refractivity contribution in [2.45, 2.75) is 38.8 Å². The molecule has 5 aromatic rings. The zero-order valence-corrected chi connectivity index (χ0v) is 22.5. The fourth-order valence-corrected chi connectivity index (χ4v) is 5.92. The summed E-state index contributed by atoms with van der Waals surface area (Å²) in [6.45, 7) is 3.91. The highest BCUT2D eigenvalue weighted by atomic mass is 35.5. The minimum atomic E-state index is -1.02. The van der Waals surface area contributed by atoms with Gasteiger partial charge in [-0.3, -0.25) is 4.79 Å². The number of rotatable bonds is 5. The molecule has 0 spiro atoms. The van der Waals surface area contributed by atoms with Crippen LogP contribution in [0.15, 0.2) is 67.0 Å². The van der Waals surface area contributed by atoms with Crippen molar-refractivity contribution in [1.82, 2.24) is 24.6 Å². The highest BCUT2D eigenvalue weighted by molar-refractivity contribution is 6.34. The van der Waals surface area contributed by atoms with E-state index in [1.54, 1.807) is 48.3 Å². The molecule has 202 valence electrons. The van der Waals surface area contributed by atoms with Crippen LogP contribution >= 0.6 is 11.6 Å². The summed E-state index contributed by atoms with van der Waals surface area (Å²) in [5.41, 5.74) is 3.11. The summed E-state index contributed by atoms with van der Waals surface area (Å²) < 4.78 is 18.0. The van der Waals surface area contributed by atoms with Gasteiger partial charge < -0.3 is 15.0 Å². The van der Waals surface area contributed by atoms with Crippen LogP contribution in [0.2, 0.25) is 5.02 Å². The smallest absolute Gasteiger partial charge is 0.338 e. The molecule has 3 heterocycles. The number of halogens is 2. The van der Waals surface area contributed by atoms with Gasteiger partial charge in [0, 0.05) is 16.6 Å². The van der Waals surface area contributed by atoms with Gasteiger partial charge in [-0.05, 0) is 74.7 Å². The number of carbonyl (C=O) groups is 2. The summed E-state index contributed by atoms with van der Waals surface area (Å²) in [6.07, 6.45) is 2.30. The fraction of sp³-hybridized carbons (Fsp3) is 0.200. The Bertz CT molecular complexity index is 1830. The SMILES string of the molecule is Cc1ccc2c(c1)c(C(=O)O)c1n2C[C@@](NC(=O)c2ccc(-n3cnc(C)n3)cc2Cl)(c2cccc(F)c2)CC1. The fourth-order valence-electron chi connectivity index (χ4n) is 5.66. The van der Waals surface area contributed by atoms with Gasteiger partial charge in [0.25, 0.3) is 5.91 Å². The Hall–Kier alpha value is -4.50. The zero-order chi connectivity index (χ0) is 28.2. The number of nitrogens with one attached hydrogen (secondary N) is 1. The van der Waals surface area contributed by atoms with Crippen molar-refractivity contribution >= 4 is 34.4 Å². The first-order valence-electron chi connectivity index (χ1n) is 12.8. The third kappa shape index (κ3) is 4.32. The van der Waals surface area contributed by atoms with Gasteiger partial charge in [0.1, 0.15) is 18.0 Å². The van der Waals surface area contributed by atoms with Crippen molar-refractivity contribution in [3.05, 3.63) is 112 Å². The van der Waals surface area contributed by atoms with E-state index < -0.39 is 23.2 Å². The monoisotopic (exact) mass is 557 g/mol. The van der Waals surface area contributed by atoms with E-state index in [-0.39, 0.29) is 22.7 Å². The van der Waals surface area contributed by atoms with Crippen LogP contribution in [0.1, 0.15) is 49.8 Å². The summed E-state index contributed by atoms with van der Waals surface area (Å²) >= 11 is 6.57. The van der Waals surface area contributed by atoms with Gasteiger partial charge in [-0.15, -0.1) is 0 Å². The topological polar surface area (TPSA) is 102 Å². The molecule has 0 aliphatic carbocycles. The number of benzene rings is 3. The van der Waals surface area contributed by atoms with Crippen molar-refractivity contribution in [1.29, 1.82) is 0 Å². The van der Waals surface area contributed by atoms with Gasteiger partial charge in [-0.25, -0.2) is 18.9 Å². The maximum Gasteiger partial charge on any atom is 0.338 e. The van der Waals surface area contributed by atoms with Gasteiger partial charge in [-0.1, -0.05) is 35.4 Å². The lowest BCUT2D eigenvalue weighted by Gasteiger charge is -2.40. The van der Waals surface area contributed by atoms with E-state index >= 15 is 0 Å². The van der Waals surface area contributed by atoms with Crippen LogP contribution in [-0.4, -0.2) is 36.3 Å². The van der Waals surface area contributed by atoms with Crippen LogP contribution < -0.4 is 5.32 Å². The molecule has 0 unspecified atom stereocenters. The average molecular weight is 558 g/mol. The first-order chi connectivity index (χ1) is 19.1. The van der Waals surface area contributed by atoms with E-state index in [0.717, 1.165) is 11.1 Å². The molecule has 10 heteroatoms. The molecule has 0 fully saturated rings. The maximum absolute atomic E-state index is 14.5. The second kappa shape index (κ2) is 9.60. The van der Waals surface area contributed by atoms with Crippen molar-refractivity contribution in [2.75, 3.05) is 0 Å². The minimum absolute atomic E-state index is 0.221. The van der Waals surface area contributed by atoms with Crippen LogP contribution in [-0.2, 0) is 18.5 Å². The molecule has 0 saturated carbocycles. The Labute approximate surface area is 234 Å². The Morgan fingerprint density at radius 3 is 2.62 bits per heavy atom. The Morgan fingerprint density at radius 1 is 1.10 bits per heavy atom. The van der Waals surface area contributed by atoms with Crippen molar-refractivity contribution in [3.63, 3.8) is 0 Å². The van der Waals surface area contributed by atoms with Gasteiger partial charge in [0.15, 0.2) is 0 Å². The number of nitrogens with zero attached hydrogens (tertiary/aromatic N) is 4. The molecule has 8 nitrogen and oxygen atoms in total. The number of amides is 1. The quantitative estimate of drug-likeness (QED) is 0.293. The lowest BCUT2D eigenvalue weighted by molar-refractivity contribution is 0.0693. The molecule has 1 aliphatic rings. The molecule has 1 aliphatic heterocycles. The number of hydrogen-bond acceptors (Lipinski definition) is 4. The summed E-state index contributed by atoms with van der Waals surface area (Å²) in [6, 6.07) is 16.8. The number of aromatic carboxylic acids is 1. The third-order valence-corrected chi connectivity index (χ3v) is 7.87. The molecular formula is C30H25ClFN5O3. The lowest BCUT2D eigenvalue weighted by atomic mass is 9.81. The van der Waals surface area contributed by atoms with E-state index in [9.17, 15) is 19.1 Å². The van der Waals surface area contributed by atoms with Crippen molar-refractivity contribution in [2.24, 2.45) is 0 Å². The maximum atomic E-state index is 14.5. The van der Waals surface area contributed by atoms with E-state index in [1.165, 1.54) is 12.1 Å². The van der Waals surface area contributed by atoms with Gasteiger partial charge in [-0.2, -0.15) is 5.10 Å². The highest BCUT2D eigenvalue weighted by Gasteiger charge is 2.41. The molecule has 1 atom stereocenters.